The average Bonchev–Trinajstić information content (AvgIpc) is 3.38. The zero-order chi connectivity index (χ0) is 23.3. The Labute approximate surface area is 197 Å². The molecule has 1 aromatic heterocycles. The molecule has 0 fully saturated rings. The third-order valence-electron chi connectivity index (χ3n) is 6.10. The first kappa shape index (κ1) is 21.9. The largest absolute Gasteiger partial charge is 0.489 e. The van der Waals surface area contributed by atoms with Crippen molar-refractivity contribution in [3.05, 3.63) is 107 Å². The summed E-state index contributed by atoms with van der Waals surface area (Å²) >= 11 is 0. The maximum atomic E-state index is 13.7. The fourth-order valence-corrected chi connectivity index (χ4v) is 4.16. The van der Waals surface area contributed by atoms with Crippen LogP contribution in [-0.4, -0.2) is 11.1 Å². The number of fused-ring (bicyclic) bond motifs is 1. The molecule has 1 heterocycles. The van der Waals surface area contributed by atoms with Crippen LogP contribution in [0.1, 0.15) is 45.6 Å². The molecule has 0 bridgehead atoms. The van der Waals surface area contributed by atoms with Crippen LogP contribution in [0.4, 0.5) is 4.39 Å². The van der Waals surface area contributed by atoms with Gasteiger partial charge in [-0.25, -0.2) is 4.39 Å². The number of aryl methyl sites for hydroxylation is 2. The van der Waals surface area contributed by atoms with E-state index in [1.165, 1.54) is 30.0 Å². The highest BCUT2D eigenvalue weighted by Gasteiger charge is 2.16. The van der Waals surface area contributed by atoms with Gasteiger partial charge < -0.3 is 14.6 Å². The highest BCUT2D eigenvalue weighted by atomic mass is 19.1. The van der Waals surface area contributed by atoms with Crippen molar-refractivity contribution in [1.29, 1.82) is 0 Å². The van der Waals surface area contributed by atoms with Gasteiger partial charge in [0.2, 0.25) is 0 Å². The number of hydrogen-bond acceptors (Lipinski definition) is 4. The molecule has 0 atom stereocenters. The Kier molecular flexibility index (Phi) is 6.38. The quantitative estimate of drug-likeness (QED) is 0.378. The van der Waals surface area contributed by atoms with Gasteiger partial charge in [0, 0.05) is 23.7 Å². The van der Waals surface area contributed by atoms with Gasteiger partial charge in [-0.05, 0) is 66.6 Å². The average molecular weight is 457 g/mol. The van der Waals surface area contributed by atoms with E-state index in [9.17, 15) is 9.18 Å². The van der Waals surface area contributed by atoms with Crippen LogP contribution in [0.5, 0.6) is 5.75 Å². The highest BCUT2D eigenvalue weighted by molar-refractivity contribution is 5.93. The van der Waals surface area contributed by atoms with Gasteiger partial charge in [0.15, 0.2) is 11.5 Å². The second-order valence-corrected chi connectivity index (χ2v) is 8.47. The maximum Gasteiger partial charge on any atom is 0.273 e. The predicted octanol–water partition coefficient (Wildman–Crippen LogP) is 5.87. The van der Waals surface area contributed by atoms with Crippen LogP contribution in [0.2, 0.25) is 0 Å². The van der Waals surface area contributed by atoms with Crippen molar-refractivity contribution in [1.82, 2.24) is 10.5 Å². The monoisotopic (exact) mass is 456 g/mol. The van der Waals surface area contributed by atoms with Gasteiger partial charge in [-0.1, -0.05) is 47.6 Å². The lowest BCUT2D eigenvalue weighted by Crippen LogP contribution is -2.22. The smallest absolute Gasteiger partial charge is 0.273 e. The van der Waals surface area contributed by atoms with Crippen LogP contribution in [0, 0.1) is 5.82 Å². The number of amides is 1. The lowest BCUT2D eigenvalue weighted by molar-refractivity contribution is 0.0942. The SMILES string of the molecule is O=C(NCc1ccc(OCc2ccccc2F)cc1)c1cc(-c2ccc3c(c2)CCCC3)on1. The summed E-state index contributed by atoms with van der Waals surface area (Å²) in [6.45, 7) is 0.495. The van der Waals surface area contributed by atoms with Crippen molar-refractivity contribution < 1.29 is 18.4 Å². The van der Waals surface area contributed by atoms with Gasteiger partial charge >= 0.3 is 0 Å². The molecule has 1 N–H and O–H groups in total. The summed E-state index contributed by atoms with van der Waals surface area (Å²) in [4.78, 5) is 12.6. The number of nitrogens with one attached hydrogen (secondary N) is 1. The molecule has 0 radical (unpaired) electrons. The first-order valence-corrected chi connectivity index (χ1v) is 11.5. The third-order valence-corrected chi connectivity index (χ3v) is 6.10. The molecule has 6 heteroatoms. The molecular formula is C28H25FN2O3. The van der Waals surface area contributed by atoms with E-state index in [0.717, 1.165) is 24.0 Å². The topological polar surface area (TPSA) is 64.4 Å². The molecule has 5 rings (SSSR count). The van der Waals surface area contributed by atoms with E-state index in [1.54, 1.807) is 36.4 Å². The normalized spacial score (nSPS) is 12.7. The minimum absolute atomic E-state index is 0.154. The van der Waals surface area contributed by atoms with E-state index in [1.807, 2.05) is 18.2 Å². The van der Waals surface area contributed by atoms with Crippen LogP contribution in [0.25, 0.3) is 11.3 Å². The molecule has 1 aliphatic rings. The molecule has 1 amide bonds. The molecular weight excluding hydrogens is 431 g/mol. The number of rotatable bonds is 7. The van der Waals surface area contributed by atoms with Crippen LogP contribution in [0.15, 0.2) is 77.3 Å². The molecule has 4 aromatic rings. The van der Waals surface area contributed by atoms with E-state index in [4.69, 9.17) is 9.26 Å². The van der Waals surface area contributed by atoms with E-state index < -0.39 is 0 Å². The first-order chi connectivity index (χ1) is 16.7. The van der Waals surface area contributed by atoms with Crippen molar-refractivity contribution in [3.8, 4) is 17.1 Å². The molecule has 0 spiro atoms. The van der Waals surface area contributed by atoms with Crippen LogP contribution in [-0.2, 0) is 26.0 Å². The number of benzene rings is 3. The van der Waals surface area contributed by atoms with Crippen molar-refractivity contribution in [2.24, 2.45) is 0 Å². The van der Waals surface area contributed by atoms with Crippen molar-refractivity contribution in [3.63, 3.8) is 0 Å². The Morgan fingerprint density at radius 3 is 2.59 bits per heavy atom. The Hall–Kier alpha value is -3.93. The Morgan fingerprint density at radius 2 is 1.76 bits per heavy atom. The van der Waals surface area contributed by atoms with Gasteiger partial charge in [0.1, 0.15) is 18.2 Å². The number of nitrogens with zero attached hydrogens (tertiary/aromatic N) is 1. The number of hydrogen-bond donors (Lipinski definition) is 1. The zero-order valence-electron chi connectivity index (χ0n) is 18.7. The molecule has 0 saturated heterocycles. The minimum Gasteiger partial charge on any atom is -0.489 e. The summed E-state index contributed by atoms with van der Waals surface area (Å²) in [5, 5.41) is 6.82. The third kappa shape index (κ3) is 5.01. The second kappa shape index (κ2) is 9.91. The number of halogens is 1. The molecule has 0 saturated carbocycles. The summed E-state index contributed by atoms with van der Waals surface area (Å²) in [5.74, 6) is 0.636. The van der Waals surface area contributed by atoms with E-state index in [-0.39, 0.29) is 24.0 Å². The summed E-state index contributed by atoms with van der Waals surface area (Å²) in [7, 11) is 0. The van der Waals surface area contributed by atoms with Crippen LogP contribution < -0.4 is 10.1 Å². The Morgan fingerprint density at radius 1 is 0.971 bits per heavy atom. The number of carbonyl (C=O) groups is 1. The molecule has 34 heavy (non-hydrogen) atoms. The number of carbonyl (C=O) groups excluding carboxylic acids is 1. The van der Waals surface area contributed by atoms with E-state index in [2.05, 4.69) is 22.6 Å². The van der Waals surface area contributed by atoms with E-state index >= 15 is 0 Å². The Bertz CT molecular complexity index is 1300. The molecule has 172 valence electrons. The summed E-state index contributed by atoms with van der Waals surface area (Å²) < 4.78 is 24.8. The fourth-order valence-electron chi connectivity index (χ4n) is 4.16. The number of aromatic nitrogens is 1. The van der Waals surface area contributed by atoms with Gasteiger partial charge in [-0.3, -0.25) is 4.79 Å². The van der Waals surface area contributed by atoms with Gasteiger partial charge in [-0.2, -0.15) is 0 Å². The van der Waals surface area contributed by atoms with Gasteiger partial charge in [-0.15, -0.1) is 0 Å². The zero-order valence-corrected chi connectivity index (χ0v) is 18.7. The molecule has 0 aliphatic heterocycles. The highest BCUT2D eigenvalue weighted by Crippen LogP contribution is 2.28. The molecule has 3 aromatic carbocycles. The van der Waals surface area contributed by atoms with Crippen LogP contribution in [0.3, 0.4) is 0 Å². The standard InChI is InChI=1S/C28H25FN2O3/c29-25-8-4-3-7-23(25)18-33-24-13-9-19(10-14-24)17-30-28(32)26-16-27(34-31-26)22-12-11-20-5-1-2-6-21(20)15-22/h3-4,7-16H,1-2,5-6,17-18H2,(H,30,32). The molecule has 1 aliphatic carbocycles. The second-order valence-electron chi connectivity index (χ2n) is 8.47. The fraction of sp³-hybridized carbons (Fsp3) is 0.214. The predicted molar refractivity (Wildman–Crippen MR) is 127 cm³/mol. The van der Waals surface area contributed by atoms with Crippen molar-refractivity contribution in [2.75, 3.05) is 0 Å². The summed E-state index contributed by atoms with van der Waals surface area (Å²) in [6, 6.07) is 21.9. The Balaban J connectivity index is 1.16. The van der Waals surface area contributed by atoms with Gasteiger partial charge in [0.25, 0.3) is 5.91 Å². The van der Waals surface area contributed by atoms with Crippen molar-refractivity contribution >= 4 is 5.91 Å². The first-order valence-electron chi connectivity index (χ1n) is 11.5. The maximum absolute atomic E-state index is 13.7. The van der Waals surface area contributed by atoms with Crippen molar-refractivity contribution in [2.45, 2.75) is 38.8 Å². The lowest BCUT2D eigenvalue weighted by Gasteiger charge is -2.15. The summed E-state index contributed by atoms with van der Waals surface area (Å²) in [5.41, 5.74) is 5.35. The molecule has 0 unspecified atom stereocenters. The van der Waals surface area contributed by atoms with E-state index in [0.29, 0.717) is 23.6 Å². The minimum atomic E-state index is -0.298. The van der Waals surface area contributed by atoms with Crippen LogP contribution >= 0.6 is 0 Å². The van der Waals surface area contributed by atoms with Gasteiger partial charge in [0.05, 0.1) is 0 Å². The summed E-state index contributed by atoms with van der Waals surface area (Å²) in [6.07, 6.45) is 4.65. The molecule has 5 nitrogen and oxygen atoms in total. The lowest BCUT2D eigenvalue weighted by atomic mass is 9.90. The number of ether oxygens (including phenoxy) is 1.